The van der Waals surface area contributed by atoms with Gasteiger partial charge in [0.15, 0.2) is 0 Å². The van der Waals surface area contributed by atoms with Crippen molar-refractivity contribution in [1.29, 1.82) is 0 Å². The van der Waals surface area contributed by atoms with E-state index in [-0.39, 0.29) is 24.2 Å². The number of nitrogens with one attached hydrogen (secondary N) is 1. The van der Waals surface area contributed by atoms with Crippen LogP contribution < -0.4 is 16.0 Å². The molecule has 2 aromatic rings. The van der Waals surface area contributed by atoms with Crippen LogP contribution in [0, 0.1) is 0 Å². The summed E-state index contributed by atoms with van der Waals surface area (Å²) in [6.07, 6.45) is 2.44. The molecule has 2 aromatic carbocycles. The first-order chi connectivity index (χ1) is 14.2. The predicted octanol–water partition coefficient (Wildman–Crippen LogP) is 2.35. The highest BCUT2D eigenvalue weighted by Crippen LogP contribution is 2.21. The molecule has 0 atom stereocenters. The number of anilines is 1. The number of carbonyl (C=O) groups excluding carboxylic acids is 2. The number of carbonyl (C=O) groups is 2. The van der Waals surface area contributed by atoms with E-state index in [1.165, 1.54) is 5.56 Å². The van der Waals surface area contributed by atoms with Crippen molar-refractivity contribution in [1.82, 2.24) is 10.2 Å². The molecule has 162 valence electrons. The molecule has 1 aliphatic heterocycles. The molecule has 0 aliphatic carbocycles. The Morgan fingerprint density at radius 2 is 1.77 bits per heavy atom. The van der Waals surface area contributed by atoms with E-state index < -0.39 is 0 Å². The Hall–Kier alpha value is -2.41. The van der Waals surface area contributed by atoms with E-state index in [2.05, 4.69) is 22.3 Å². The van der Waals surface area contributed by atoms with E-state index in [1.807, 2.05) is 47.4 Å². The lowest BCUT2D eigenvalue weighted by atomic mass is 10.1. The molecule has 3 N–H and O–H groups in total. The van der Waals surface area contributed by atoms with Gasteiger partial charge in [-0.15, -0.1) is 12.4 Å². The number of hydrogen-bond donors (Lipinski definition) is 2. The van der Waals surface area contributed by atoms with Gasteiger partial charge in [0.2, 0.25) is 11.8 Å². The zero-order valence-corrected chi connectivity index (χ0v) is 18.1. The predicted molar refractivity (Wildman–Crippen MR) is 123 cm³/mol. The smallest absolute Gasteiger partial charge is 0.234 e. The third-order valence-electron chi connectivity index (χ3n) is 5.18. The van der Waals surface area contributed by atoms with E-state index in [9.17, 15) is 9.59 Å². The summed E-state index contributed by atoms with van der Waals surface area (Å²) in [5.74, 6) is 0.173. The van der Waals surface area contributed by atoms with E-state index >= 15 is 0 Å². The summed E-state index contributed by atoms with van der Waals surface area (Å²) in [7, 11) is 0. The van der Waals surface area contributed by atoms with Crippen molar-refractivity contribution in [3.8, 4) is 0 Å². The monoisotopic (exact) mass is 430 g/mol. The fourth-order valence-corrected chi connectivity index (χ4v) is 3.56. The van der Waals surface area contributed by atoms with Crippen LogP contribution >= 0.6 is 12.4 Å². The molecule has 0 radical (unpaired) electrons. The highest BCUT2D eigenvalue weighted by molar-refractivity contribution is 5.95. The zero-order valence-electron chi connectivity index (χ0n) is 17.3. The second-order valence-electron chi connectivity index (χ2n) is 7.39. The van der Waals surface area contributed by atoms with Crippen LogP contribution in [0.2, 0.25) is 0 Å². The lowest BCUT2D eigenvalue weighted by Gasteiger charge is -2.21. The molecule has 2 amide bonds. The Balaban J connectivity index is 0.00000320. The molecule has 6 nitrogen and oxygen atoms in total. The first-order valence-corrected chi connectivity index (χ1v) is 10.3. The Kier molecular flexibility index (Phi) is 9.80. The average Bonchev–Trinajstić information content (AvgIpc) is 3.18. The fourth-order valence-electron chi connectivity index (χ4n) is 3.56. The molecular weight excluding hydrogens is 400 g/mol. The quantitative estimate of drug-likeness (QED) is 0.606. The normalized spacial score (nSPS) is 13.4. The highest BCUT2D eigenvalue weighted by Gasteiger charge is 2.21. The lowest BCUT2D eigenvalue weighted by molar-refractivity contribution is -0.122. The van der Waals surface area contributed by atoms with Gasteiger partial charge in [-0.1, -0.05) is 42.5 Å². The third-order valence-corrected chi connectivity index (χ3v) is 5.18. The standard InChI is InChI=1S/C23H30N4O2.ClH/c24-13-16-26(15-12-19-5-2-1-3-6-19)18-22(28)25-17-20-8-10-21(11-9-20)27-14-4-7-23(27)29;/h1-3,5-6,8-11H,4,7,12-18,24H2,(H,25,28);1H. The third kappa shape index (κ3) is 7.13. The number of amides is 2. The Bertz CT molecular complexity index is 799. The lowest BCUT2D eigenvalue weighted by Crippen LogP contribution is -2.40. The summed E-state index contributed by atoms with van der Waals surface area (Å²) in [4.78, 5) is 28.1. The summed E-state index contributed by atoms with van der Waals surface area (Å²) < 4.78 is 0. The molecule has 0 saturated carbocycles. The molecule has 0 bridgehead atoms. The first kappa shape index (κ1) is 23.9. The van der Waals surface area contributed by atoms with Crippen LogP contribution in [0.15, 0.2) is 54.6 Å². The number of rotatable bonds is 10. The highest BCUT2D eigenvalue weighted by atomic mass is 35.5. The van der Waals surface area contributed by atoms with Gasteiger partial charge in [-0.2, -0.15) is 0 Å². The molecular formula is C23H31ClN4O2. The van der Waals surface area contributed by atoms with Gasteiger partial charge in [0.05, 0.1) is 6.54 Å². The van der Waals surface area contributed by atoms with Crippen molar-refractivity contribution in [3.05, 3.63) is 65.7 Å². The topological polar surface area (TPSA) is 78.7 Å². The molecule has 3 rings (SSSR count). The molecule has 1 aliphatic rings. The number of benzene rings is 2. The van der Waals surface area contributed by atoms with Crippen LogP contribution in [0.1, 0.15) is 24.0 Å². The SMILES string of the molecule is Cl.NCCN(CCc1ccccc1)CC(=O)NCc1ccc(N2CCCC2=O)cc1. The van der Waals surface area contributed by atoms with E-state index in [0.29, 0.717) is 32.6 Å². The Morgan fingerprint density at radius 3 is 2.40 bits per heavy atom. The molecule has 30 heavy (non-hydrogen) atoms. The zero-order chi connectivity index (χ0) is 20.5. The van der Waals surface area contributed by atoms with Crippen molar-refractivity contribution in [2.45, 2.75) is 25.8 Å². The van der Waals surface area contributed by atoms with Crippen LogP contribution in [-0.2, 0) is 22.6 Å². The number of halogens is 1. The average molecular weight is 431 g/mol. The molecule has 0 aromatic heterocycles. The molecule has 0 unspecified atom stereocenters. The van der Waals surface area contributed by atoms with Crippen LogP contribution in [0.5, 0.6) is 0 Å². The van der Waals surface area contributed by atoms with Gasteiger partial charge in [0, 0.05) is 44.8 Å². The van der Waals surface area contributed by atoms with Crippen molar-refractivity contribution >= 4 is 29.9 Å². The summed E-state index contributed by atoms with van der Waals surface area (Å²) in [5, 5.41) is 2.98. The maximum absolute atomic E-state index is 12.4. The van der Waals surface area contributed by atoms with Crippen molar-refractivity contribution in [3.63, 3.8) is 0 Å². The Morgan fingerprint density at radius 1 is 1.03 bits per heavy atom. The van der Waals surface area contributed by atoms with E-state index in [0.717, 1.165) is 37.2 Å². The number of nitrogens with two attached hydrogens (primary N) is 1. The Labute approximate surface area is 184 Å². The van der Waals surface area contributed by atoms with Gasteiger partial charge < -0.3 is 16.0 Å². The maximum atomic E-state index is 12.4. The van der Waals surface area contributed by atoms with Crippen molar-refractivity contribution in [2.24, 2.45) is 5.73 Å². The van der Waals surface area contributed by atoms with Gasteiger partial charge in [-0.3, -0.25) is 14.5 Å². The summed E-state index contributed by atoms with van der Waals surface area (Å²) in [6, 6.07) is 18.1. The second kappa shape index (κ2) is 12.3. The second-order valence-corrected chi connectivity index (χ2v) is 7.39. The number of hydrogen-bond acceptors (Lipinski definition) is 4. The van der Waals surface area contributed by atoms with Crippen LogP contribution in [0.4, 0.5) is 5.69 Å². The van der Waals surface area contributed by atoms with Crippen LogP contribution in [0.25, 0.3) is 0 Å². The molecule has 1 fully saturated rings. The summed E-state index contributed by atoms with van der Waals surface area (Å²) in [5.41, 5.74) is 8.91. The van der Waals surface area contributed by atoms with Crippen LogP contribution in [-0.4, -0.2) is 49.4 Å². The minimum Gasteiger partial charge on any atom is -0.351 e. The van der Waals surface area contributed by atoms with Gasteiger partial charge >= 0.3 is 0 Å². The maximum Gasteiger partial charge on any atom is 0.234 e. The van der Waals surface area contributed by atoms with E-state index in [1.54, 1.807) is 0 Å². The van der Waals surface area contributed by atoms with Gasteiger partial charge in [-0.25, -0.2) is 0 Å². The van der Waals surface area contributed by atoms with Gasteiger partial charge in [-0.05, 0) is 36.1 Å². The number of nitrogens with zero attached hydrogens (tertiary/aromatic N) is 2. The molecule has 0 spiro atoms. The van der Waals surface area contributed by atoms with Crippen molar-refractivity contribution in [2.75, 3.05) is 37.6 Å². The minimum atomic E-state index is -0.00897. The molecule has 1 saturated heterocycles. The first-order valence-electron chi connectivity index (χ1n) is 10.3. The minimum absolute atomic E-state index is 0. The van der Waals surface area contributed by atoms with Gasteiger partial charge in [0.1, 0.15) is 0 Å². The van der Waals surface area contributed by atoms with E-state index in [4.69, 9.17) is 5.73 Å². The van der Waals surface area contributed by atoms with Gasteiger partial charge in [0.25, 0.3) is 0 Å². The largest absolute Gasteiger partial charge is 0.351 e. The summed E-state index contributed by atoms with van der Waals surface area (Å²) >= 11 is 0. The summed E-state index contributed by atoms with van der Waals surface area (Å²) in [6.45, 7) is 3.62. The molecule has 7 heteroatoms. The molecule has 1 heterocycles. The van der Waals surface area contributed by atoms with Crippen molar-refractivity contribution < 1.29 is 9.59 Å². The fraction of sp³-hybridized carbons (Fsp3) is 0.391. The van der Waals surface area contributed by atoms with Crippen LogP contribution in [0.3, 0.4) is 0 Å².